The molecule has 0 spiro atoms. The van der Waals surface area contributed by atoms with E-state index in [1.807, 2.05) is 22.6 Å². The van der Waals surface area contributed by atoms with Gasteiger partial charge in [-0.05, 0) is 47.2 Å². The zero-order valence-corrected chi connectivity index (χ0v) is 11.9. The van der Waals surface area contributed by atoms with E-state index in [4.69, 9.17) is 5.11 Å². The fraction of sp³-hybridized carbons (Fsp3) is 0.333. The maximum atomic E-state index is 12.9. The zero-order chi connectivity index (χ0) is 13.7. The first-order chi connectivity index (χ1) is 8.41. The predicted molar refractivity (Wildman–Crippen MR) is 72.9 cm³/mol. The van der Waals surface area contributed by atoms with Crippen LogP contribution in [-0.4, -0.2) is 23.5 Å². The Morgan fingerprint density at radius 3 is 2.72 bits per heavy atom. The lowest BCUT2D eigenvalue weighted by Gasteiger charge is -2.09. The second kappa shape index (κ2) is 6.67. The highest BCUT2D eigenvalue weighted by Crippen LogP contribution is 2.13. The van der Waals surface area contributed by atoms with E-state index in [-0.39, 0.29) is 12.5 Å². The molecule has 6 heteroatoms. The number of benzene rings is 1. The molecule has 1 unspecified atom stereocenters. The van der Waals surface area contributed by atoms with Gasteiger partial charge in [0.05, 0.1) is 11.5 Å². The Bertz CT molecular complexity index is 465. The molecule has 1 amide bonds. The summed E-state index contributed by atoms with van der Waals surface area (Å²) in [7, 11) is 0. The minimum Gasteiger partial charge on any atom is -0.481 e. The molecule has 1 aromatic rings. The van der Waals surface area contributed by atoms with Crippen LogP contribution in [-0.2, 0) is 4.79 Å². The van der Waals surface area contributed by atoms with Gasteiger partial charge in [0.1, 0.15) is 5.82 Å². The Balaban J connectivity index is 2.53. The van der Waals surface area contributed by atoms with E-state index in [2.05, 4.69) is 5.32 Å². The molecule has 0 aliphatic heterocycles. The molecule has 1 atom stereocenters. The Hall–Kier alpha value is -1.18. The van der Waals surface area contributed by atoms with Crippen LogP contribution >= 0.6 is 22.6 Å². The van der Waals surface area contributed by atoms with Gasteiger partial charge in [-0.25, -0.2) is 4.39 Å². The van der Waals surface area contributed by atoms with Crippen LogP contribution in [0.5, 0.6) is 0 Å². The van der Waals surface area contributed by atoms with Crippen molar-refractivity contribution in [1.82, 2.24) is 5.32 Å². The van der Waals surface area contributed by atoms with Gasteiger partial charge in [-0.2, -0.15) is 0 Å². The maximum Gasteiger partial charge on any atom is 0.306 e. The molecule has 0 bridgehead atoms. The van der Waals surface area contributed by atoms with Crippen LogP contribution in [0, 0.1) is 15.3 Å². The third-order valence-electron chi connectivity index (χ3n) is 2.46. The number of nitrogens with one attached hydrogen (secondary N) is 1. The summed E-state index contributed by atoms with van der Waals surface area (Å²) in [5.41, 5.74) is 0.389. The minimum absolute atomic E-state index is 0.278. The van der Waals surface area contributed by atoms with E-state index in [9.17, 15) is 14.0 Å². The van der Waals surface area contributed by atoms with Crippen molar-refractivity contribution < 1.29 is 19.1 Å². The molecule has 4 nitrogen and oxygen atoms in total. The van der Waals surface area contributed by atoms with E-state index in [0.29, 0.717) is 15.6 Å². The summed E-state index contributed by atoms with van der Waals surface area (Å²) in [6.07, 6.45) is 0.360. The first kappa shape index (κ1) is 14.9. The average molecular weight is 365 g/mol. The number of carbonyl (C=O) groups excluding carboxylic acids is 1. The topological polar surface area (TPSA) is 66.4 Å². The van der Waals surface area contributed by atoms with Gasteiger partial charge in [-0.1, -0.05) is 6.92 Å². The van der Waals surface area contributed by atoms with E-state index in [0.717, 1.165) is 0 Å². The van der Waals surface area contributed by atoms with Crippen LogP contribution in [0.4, 0.5) is 4.39 Å². The molecule has 2 N–H and O–H groups in total. The molecule has 0 saturated carbocycles. The zero-order valence-electron chi connectivity index (χ0n) is 9.74. The summed E-state index contributed by atoms with van der Waals surface area (Å²) < 4.78 is 13.4. The second-order valence-electron chi connectivity index (χ2n) is 3.91. The smallest absolute Gasteiger partial charge is 0.306 e. The number of hydrogen-bond acceptors (Lipinski definition) is 2. The van der Waals surface area contributed by atoms with Gasteiger partial charge in [0, 0.05) is 10.1 Å². The van der Waals surface area contributed by atoms with Crippen LogP contribution in [0.25, 0.3) is 0 Å². The van der Waals surface area contributed by atoms with E-state index >= 15 is 0 Å². The predicted octanol–water partition coefficient (Wildman–Crippen LogP) is 2.27. The van der Waals surface area contributed by atoms with Crippen molar-refractivity contribution in [3.63, 3.8) is 0 Å². The van der Waals surface area contributed by atoms with Crippen molar-refractivity contribution in [3.05, 3.63) is 33.1 Å². The number of carbonyl (C=O) groups is 2. The van der Waals surface area contributed by atoms with Gasteiger partial charge in [-0.15, -0.1) is 0 Å². The molecule has 18 heavy (non-hydrogen) atoms. The molecule has 0 fully saturated rings. The second-order valence-corrected chi connectivity index (χ2v) is 5.07. The SMILES string of the molecule is CC(CCNC(=O)c1ccc(F)cc1I)C(=O)O. The Kier molecular flexibility index (Phi) is 5.52. The number of amides is 1. The van der Waals surface area contributed by atoms with Crippen LogP contribution in [0.1, 0.15) is 23.7 Å². The van der Waals surface area contributed by atoms with Gasteiger partial charge in [0.2, 0.25) is 0 Å². The molecular formula is C12H13FINO3. The quantitative estimate of drug-likeness (QED) is 0.787. The third-order valence-corrected chi connectivity index (χ3v) is 3.35. The molecule has 0 aromatic heterocycles. The molecule has 1 rings (SSSR count). The first-order valence-corrected chi connectivity index (χ1v) is 6.45. The summed E-state index contributed by atoms with van der Waals surface area (Å²) in [5.74, 6) is -2.11. The van der Waals surface area contributed by atoms with Crippen molar-refractivity contribution in [2.75, 3.05) is 6.54 Å². The minimum atomic E-state index is -0.888. The lowest BCUT2D eigenvalue weighted by Crippen LogP contribution is -2.27. The average Bonchev–Trinajstić information content (AvgIpc) is 2.28. The Morgan fingerprint density at radius 1 is 1.50 bits per heavy atom. The fourth-order valence-corrected chi connectivity index (χ4v) is 2.02. The summed E-state index contributed by atoms with van der Waals surface area (Å²) in [5, 5.41) is 11.3. The number of carboxylic acid groups (broad SMARTS) is 1. The number of rotatable bonds is 5. The Labute approximate surface area is 118 Å². The monoisotopic (exact) mass is 365 g/mol. The molecule has 1 aromatic carbocycles. The summed E-state index contributed by atoms with van der Waals surface area (Å²) in [4.78, 5) is 22.3. The van der Waals surface area contributed by atoms with Gasteiger partial charge in [0.25, 0.3) is 5.91 Å². The van der Waals surface area contributed by atoms with Crippen molar-refractivity contribution >= 4 is 34.5 Å². The molecule has 0 aliphatic carbocycles. The normalized spacial score (nSPS) is 11.9. The highest BCUT2D eigenvalue weighted by Gasteiger charge is 2.13. The summed E-state index contributed by atoms with van der Waals surface area (Å²) in [6.45, 7) is 1.86. The molecular weight excluding hydrogens is 352 g/mol. The van der Waals surface area contributed by atoms with Crippen LogP contribution in [0.2, 0.25) is 0 Å². The highest BCUT2D eigenvalue weighted by molar-refractivity contribution is 14.1. The lowest BCUT2D eigenvalue weighted by atomic mass is 10.1. The van der Waals surface area contributed by atoms with Crippen molar-refractivity contribution in [1.29, 1.82) is 0 Å². The van der Waals surface area contributed by atoms with Gasteiger partial charge in [-0.3, -0.25) is 9.59 Å². The lowest BCUT2D eigenvalue weighted by molar-refractivity contribution is -0.141. The van der Waals surface area contributed by atoms with Crippen LogP contribution < -0.4 is 5.32 Å². The van der Waals surface area contributed by atoms with Gasteiger partial charge < -0.3 is 10.4 Å². The first-order valence-electron chi connectivity index (χ1n) is 5.38. The molecule has 0 radical (unpaired) electrons. The van der Waals surface area contributed by atoms with E-state index < -0.39 is 17.7 Å². The maximum absolute atomic E-state index is 12.9. The molecule has 0 heterocycles. The summed E-state index contributed by atoms with van der Waals surface area (Å²) in [6, 6.07) is 3.90. The van der Waals surface area contributed by atoms with Crippen molar-refractivity contribution in [3.8, 4) is 0 Å². The number of carboxylic acids is 1. The van der Waals surface area contributed by atoms with Gasteiger partial charge >= 0.3 is 5.97 Å². The van der Waals surface area contributed by atoms with Crippen molar-refractivity contribution in [2.24, 2.45) is 5.92 Å². The van der Waals surface area contributed by atoms with E-state index in [1.54, 1.807) is 6.92 Å². The number of halogens is 2. The number of hydrogen-bond donors (Lipinski definition) is 2. The standard InChI is InChI=1S/C12H13FINO3/c1-7(12(17)18)4-5-15-11(16)9-3-2-8(13)6-10(9)14/h2-3,6-7H,4-5H2,1H3,(H,15,16)(H,17,18). The Morgan fingerprint density at radius 2 is 2.17 bits per heavy atom. The van der Waals surface area contributed by atoms with Crippen LogP contribution in [0.15, 0.2) is 18.2 Å². The van der Waals surface area contributed by atoms with Gasteiger partial charge in [0.15, 0.2) is 0 Å². The molecule has 0 aliphatic rings. The summed E-state index contributed by atoms with van der Waals surface area (Å²) >= 11 is 1.88. The molecule has 0 saturated heterocycles. The fourth-order valence-electron chi connectivity index (χ4n) is 1.29. The largest absolute Gasteiger partial charge is 0.481 e. The third kappa shape index (κ3) is 4.25. The van der Waals surface area contributed by atoms with Crippen molar-refractivity contribution in [2.45, 2.75) is 13.3 Å². The molecule has 98 valence electrons. The highest BCUT2D eigenvalue weighted by atomic mass is 127. The number of aliphatic carboxylic acids is 1. The van der Waals surface area contributed by atoms with Crippen LogP contribution in [0.3, 0.4) is 0 Å². The van der Waals surface area contributed by atoms with E-state index in [1.165, 1.54) is 18.2 Å².